The first-order chi connectivity index (χ1) is 10.6. The van der Waals surface area contributed by atoms with E-state index in [1.165, 1.54) is 23.9 Å². The Labute approximate surface area is 168 Å². The van der Waals surface area contributed by atoms with Gasteiger partial charge in [0.2, 0.25) is 6.10 Å². The summed E-state index contributed by atoms with van der Waals surface area (Å²) in [5.74, 6) is -0.859. The molecule has 1 aromatic rings. The molecule has 0 spiro atoms. The number of carboxylic acids is 1. The third kappa shape index (κ3) is 5.08. The van der Waals surface area contributed by atoms with Crippen LogP contribution in [0.1, 0.15) is 19.4 Å². The van der Waals surface area contributed by atoms with Crippen LogP contribution in [-0.2, 0) is 4.79 Å². The molecular weight excluding hydrogens is 376 g/mol. The van der Waals surface area contributed by atoms with Crippen LogP contribution in [0, 0.1) is 5.92 Å². The van der Waals surface area contributed by atoms with Gasteiger partial charge in [-0.25, -0.2) is 0 Å². The van der Waals surface area contributed by atoms with Crippen LogP contribution in [0.4, 0.5) is 13.2 Å². The fourth-order valence-electron chi connectivity index (χ4n) is 1.97. The summed E-state index contributed by atoms with van der Waals surface area (Å²) in [4.78, 5) is 11.5. The van der Waals surface area contributed by atoms with Gasteiger partial charge in [-0.3, -0.25) is 0 Å². The van der Waals surface area contributed by atoms with Crippen LogP contribution in [0.15, 0.2) is 22.6 Å². The largest absolute Gasteiger partial charge is 1.00 e. The SMILES string of the molecule is CC(C)CSc1cc2c(cc1Cl)C=C(C(=O)[O-])C(C(F)(F)F)O2.[Na+]. The van der Waals surface area contributed by atoms with Crippen LogP contribution in [-0.4, -0.2) is 24.0 Å². The quantitative estimate of drug-likeness (QED) is 0.558. The van der Waals surface area contributed by atoms with Gasteiger partial charge in [0.15, 0.2) is 0 Å². The number of ether oxygens (including phenoxy) is 1. The topological polar surface area (TPSA) is 49.4 Å². The summed E-state index contributed by atoms with van der Waals surface area (Å²) in [6.45, 7) is 4.01. The second-order valence-electron chi connectivity index (χ2n) is 5.45. The average Bonchev–Trinajstić information content (AvgIpc) is 2.42. The molecule has 0 fully saturated rings. The van der Waals surface area contributed by atoms with Crippen LogP contribution in [0.3, 0.4) is 0 Å². The molecule has 126 valence electrons. The molecule has 3 nitrogen and oxygen atoms in total. The molecule has 9 heteroatoms. The van der Waals surface area contributed by atoms with E-state index < -0.39 is 23.8 Å². The molecule has 0 aliphatic carbocycles. The van der Waals surface area contributed by atoms with Crippen molar-refractivity contribution in [3.63, 3.8) is 0 Å². The summed E-state index contributed by atoms with van der Waals surface area (Å²) >= 11 is 7.51. The summed E-state index contributed by atoms with van der Waals surface area (Å²) in [5.41, 5.74) is -0.785. The zero-order valence-corrected chi connectivity index (χ0v) is 16.8. The van der Waals surface area contributed by atoms with Crippen molar-refractivity contribution in [3.05, 3.63) is 28.3 Å². The number of carbonyl (C=O) groups excluding carboxylic acids is 1. The van der Waals surface area contributed by atoms with Gasteiger partial charge in [-0.2, -0.15) is 13.2 Å². The molecule has 1 unspecified atom stereocenters. The average molecular weight is 389 g/mol. The second kappa shape index (κ2) is 8.36. The van der Waals surface area contributed by atoms with E-state index in [0.717, 1.165) is 11.8 Å². The van der Waals surface area contributed by atoms with Crippen molar-refractivity contribution in [1.82, 2.24) is 0 Å². The van der Waals surface area contributed by atoms with Gasteiger partial charge in [0, 0.05) is 21.8 Å². The normalized spacial score (nSPS) is 16.8. The summed E-state index contributed by atoms with van der Waals surface area (Å²) in [6, 6.07) is 2.81. The van der Waals surface area contributed by atoms with Crippen LogP contribution < -0.4 is 39.4 Å². The maximum absolute atomic E-state index is 13.0. The van der Waals surface area contributed by atoms with E-state index in [-0.39, 0.29) is 40.9 Å². The number of benzene rings is 1. The Morgan fingerprint density at radius 2 is 2.04 bits per heavy atom. The van der Waals surface area contributed by atoms with Gasteiger partial charge in [-0.05, 0) is 24.1 Å². The molecular formula is C15H13ClF3NaO3S. The minimum Gasteiger partial charge on any atom is -0.545 e. The summed E-state index contributed by atoms with van der Waals surface area (Å²) < 4.78 is 43.9. The van der Waals surface area contributed by atoms with Crippen LogP contribution in [0.25, 0.3) is 6.08 Å². The van der Waals surface area contributed by atoms with E-state index in [0.29, 0.717) is 15.8 Å². The van der Waals surface area contributed by atoms with Crippen LogP contribution in [0.2, 0.25) is 5.02 Å². The number of fused-ring (bicyclic) bond motifs is 1. The first-order valence-corrected chi connectivity index (χ1v) is 8.08. The predicted octanol–water partition coefficient (Wildman–Crippen LogP) is 0.549. The number of halogens is 4. The number of carboxylic acid groups (broad SMARTS) is 1. The maximum Gasteiger partial charge on any atom is 1.00 e. The van der Waals surface area contributed by atoms with E-state index in [9.17, 15) is 23.1 Å². The van der Waals surface area contributed by atoms with E-state index in [1.807, 2.05) is 13.8 Å². The smallest absolute Gasteiger partial charge is 0.545 e. The van der Waals surface area contributed by atoms with Crippen molar-refractivity contribution in [2.24, 2.45) is 5.92 Å². The van der Waals surface area contributed by atoms with Crippen LogP contribution >= 0.6 is 23.4 Å². The first-order valence-electron chi connectivity index (χ1n) is 6.72. The molecule has 0 aromatic heterocycles. The zero-order valence-electron chi connectivity index (χ0n) is 13.2. The first kappa shape index (κ1) is 21.7. The number of aliphatic carboxylic acids is 1. The van der Waals surface area contributed by atoms with E-state index >= 15 is 0 Å². The van der Waals surface area contributed by atoms with Gasteiger partial charge in [0.05, 0.1) is 11.0 Å². The van der Waals surface area contributed by atoms with Crippen LogP contribution in [0.5, 0.6) is 5.75 Å². The molecule has 0 N–H and O–H groups in total. The minimum atomic E-state index is -4.85. The molecule has 0 bridgehead atoms. The van der Waals surface area contributed by atoms with Crippen molar-refractivity contribution in [1.29, 1.82) is 0 Å². The Bertz CT molecular complexity index is 662. The molecule has 0 saturated carbocycles. The van der Waals surface area contributed by atoms with Gasteiger partial charge < -0.3 is 14.6 Å². The summed E-state index contributed by atoms with van der Waals surface area (Å²) in [7, 11) is 0. The van der Waals surface area contributed by atoms with Gasteiger partial charge in [-0.1, -0.05) is 25.4 Å². The number of hydrogen-bond acceptors (Lipinski definition) is 4. The number of thioether (sulfide) groups is 1. The van der Waals surface area contributed by atoms with Crippen molar-refractivity contribution >= 4 is 35.4 Å². The monoisotopic (exact) mass is 388 g/mol. The van der Waals surface area contributed by atoms with E-state index in [2.05, 4.69) is 0 Å². The Morgan fingerprint density at radius 3 is 2.54 bits per heavy atom. The van der Waals surface area contributed by atoms with E-state index in [4.69, 9.17) is 16.3 Å². The minimum absolute atomic E-state index is 0. The summed E-state index contributed by atoms with van der Waals surface area (Å²) in [5, 5.41) is 11.3. The third-order valence-electron chi connectivity index (χ3n) is 3.01. The van der Waals surface area contributed by atoms with Gasteiger partial charge in [0.1, 0.15) is 5.75 Å². The van der Waals surface area contributed by atoms with Crippen molar-refractivity contribution in [2.45, 2.75) is 31.0 Å². The third-order valence-corrected chi connectivity index (χ3v) is 4.91. The Hall–Kier alpha value is -0.340. The molecule has 2 rings (SSSR count). The second-order valence-corrected chi connectivity index (χ2v) is 6.92. The maximum atomic E-state index is 13.0. The molecule has 0 amide bonds. The molecule has 1 aliphatic rings. The van der Waals surface area contributed by atoms with E-state index in [1.54, 1.807) is 0 Å². The fourth-order valence-corrected chi connectivity index (χ4v) is 3.21. The molecule has 0 radical (unpaired) electrons. The van der Waals surface area contributed by atoms with Crippen molar-refractivity contribution in [2.75, 3.05) is 5.75 Å². The Balaban J connectivity index is 0.00000288. The standard InChI is InChI=1S/C15H14ClF3O3S.Na/c1-7(2)6-23-12-5-11-8(4-10(12)16)3-9(14(20)21)13(22-11)15(17,18)19;/h3-5,7,13H,6H2,1-2H3,(H,20,21);/q;+1/p-1. The molecule has 1 atom stereocenters. The Morgan fingerprint density at radius 1 is 1.42 bits per heavy atom. The van der Waals surface area contributed by atoms with Gasteiger partial charge in [-0.15, -0.1) is 11.8 Å². The number of rotatable bonds is 4. The molecule has 0 saturated heterocycles. The van der Waals surface area contributed by atoms with Crippen molar-refractivity contribution in [3.8, 4) is 5.75 Å². The summed E-state index contributed by atoms with van der Waals surface area (Å²) in [6.07, 6.45) is -6.51. The van der Waals surface area contributed by atoms with Crippen molar-refractivity contribution < 1.29 is 57.4 Å². The zero-order chi connectivity index (χ0) is 17.4. The van der Waals surface area contributed by atoms with Gasteiger partial charge in [0.25, 0.3) is 0 Å². The molecule has 1 aliphatic heterocycles. The number of hydrogen-bond donors (Lipinski definition) is 0. The Kier molecular flexibility index (Phi) is 7.56. The van der Waals surface area contributed by atoms with Gasteiger partial charge >= 0.3 is 35.7 Å². The molecule has 1 heterocycles. The fraction of sp³-hybridized carbons (Fsp3) is 0.400. The molecule has 24 heavy (non-hydrogen) atoms. The number of alkyl halides is 3. The molecule has 1 aromatic carbocycles. The predicted molar refractivity (Wildman–Crippen MR) is 80.5 cm³/mol. The number of carbonyl (C=O) groups is 1.